The molecule has 0 radical (unpaired) electrons. The van der Waals surface area contributed by atoms with Crippen LogP contribution in [0, 0.1) is 11.8 Å². The molecule has 6 nitrogen and oxygen atoms in total. The normalized spacial score (nSPS) is 22.8. The van der Waals surface area contributed by atoms with Gasteiger partial charge in [-0.05, 0) is 42.8 Å². The minimum absolute atomic E-state index is 0.203. The van der Waals surface area contributed by atoms with Gasteiger partial charge in [-0.15, -0.1) is 11.3 Å². The number of likely N-dealkylation sites (tertiary alicyclic amines) is 1. The lowest BCUT2D eigenvalue weighted by atomic mass is 9.87. The Balaban J connectivity index is 1.73. The van der Waals surface area contributed by atoms with E-state index in [-0.39, 0.29) is 18.4 Å². The molecule has 2 amide bonds. The van der Waals surface area contributed by atoms with Gasteiger partial charge in [0.25, 0.3) is 11.8 Å². The lowest BCUT2D eigenvalue weighted by Crippen LogP contribution is -2.50. The first kappa shape index (κ1) is 15.9. The molecule has 1 saturated heterocycles. The van der Waals surface area contributed by atoms with Crippen LogP contribution in [0.4, 0.5) is 0 Å². The fourth-order valence-electron chi connectivity index (χ4n) is 2.51. The molecule has 2 heterocycles. The van der Waals surface area contributed by atoms with Crippen LogP contribution in [0.1, 0.15) is 23.0 Å². The fraction of sp³-hybridized carbons (Fsp3) is 0.571. The maximum absolute atomic E-state index is 11.9. The van der Waals surface area contributed by atoms with E-state index in [4.69, 9.17) is 5.73 Å². The topological polar surface area (TPSA) is 87.5 Å². The fourth-order valence-corrected chi connectivity index (χ4v) is 3.13. The summed E-state index contributed by atoms with van der Waals surface area (Å²) in [6.45, 7) is 4.87. The molecule has 0 aromatic carbocycles. The molecule has 7 heteroatoms. The van der Waals surface area contributed by atoms with Crippen molar-refractivity contribution in [2.45, 2.75) is 13.3 Å². The number of nitrogens with one attached hydrogen (secondary N) is 2. The summed E-state index contributed by atoms with van der Waals surface area (Å²) in [5, 5.41) is 1.82. The summed E-state index contributed by atoms with van der Waals surface area (Å²) < 4.78 is 0. The second kappa shape index (κ2) is 7.53. The molecule has 1 aliphatic rings. The molecular weight excluding hydrogens is 288 g/mol. The van der Waals surface area contributed by atoms with Crippen molar-refractivity contribution in [3.8, 4) is 0 Å². The van der Waals surface area contributed by atoms with Gasteiger partial charge in [0.1, 0.15) is 0 Å². The largest absolute Gasteiger partial charge is 0.330 e. The van der Waals surface area contributed by atoms with Crippen LogP contribution in [0.15, 0.2) is 17.5 Å². The number of amides is 2. The van der Waals surface area contributed by atoms with E-state index in [0.29, 0.717) is 23.3 Å². The molecule has 0 spiro atoms. The Kier molecular flexibility index (Phi) is 5.72. The highest BCUT2D eigenvalue weighted by atomic mass is 32.1. The molecule has 0 bridgehead atoms. The van der Waals surface area contributed by atoms with E-state index < -0.39 is 0 Å². The van der Waals surface area contributed by atoms with E-state index in [1.54, 1.807) is 12.1 Å². The summed E-state index contributed by atoms with van der Waals surface area (Å²) in [5.74, 6) is 0.552. The third kappa shape index (κ3) is 4.52. The molecule has 116 valence electrons. The van der Waals surface area contributed by atoms with Crippen LogP contribution < -0.4 is 16.6 Å². The van der Waals surface area contributed by atoms with Crippen molar-refractivity contribution < 1.29 is 9.59 Å². The number of hydrogen-bond acceptors (Lipinski definition) is 5. The predicted octanol–water partition coefficient (Wildman–Crippen LogP) is 0.426. The molecule has 1 fully saturated rings. The molecular formula is C14H22N4O2S. The minimum atomic E-state index is -0.287. The van der Waals surface area contributed by atoms with Crippen molar-refractivity contribution in [3.63, 3.8) is 0 Å². The van der Waals surface area contributed by atoms with E-state index in [9.17, 15) is 9.59 Å². The number of rotatable bonds is 4. The molecule has 1 aromatic rings. The van der Waals surface area contributed by atoms with Crippen LogP contribution in [0.5, 0.6) is 0 Å². The lowest BCUT2D eigenvalue weighted by molar-refractivity contribution is -0.123. The van der Waals surface area contributed by atoms with Crippen molar-refractivity contribution in [2.24, 2.45) is 17.6 Å². The minimum Gasteiger partial charge on any atom is -0.330 e. The zero-order valence-corrected chi connectivity index (χ0v) is 13.0. The molecule has 0 saturated carbocycles. The van der Waals surface area contributed by atoms with Crippen LogP contribution in [0.2, 0.25) is 0 Å². The van der Waals surface area contributed by atoms with E-state index >= 15 is 0 Å². The average molecular weight is 310 g/mol. The van der Waals surface area contributed by atoms with Gasteiger partial charge in [0.15, 0.2) is 0 Å². The number of hydrogen-bond donors (Lipinski definition) is 3. The van der Waals surface area contributed by atoms with Gasteiger partial charge in [0.2, 0.25) is 0 Å². The van der Waals surface area contributed by atoms with E-state index in [2.05, 4.69) is 22.7 Å². The number of carbonyl (C=O) groups is 2. The van der Waals surface area contributed by atoms with Crippen LogP contribution >= 0.6 is 11.3 Å². The Hall–Kier alpha value is -1.44. The standard InChI is InChI=1S/C14H22N4O2S/c1-10-4-5-18(8-11(10)7-15)9-13(19)16-17-14(20)12-3-2-6-21-12/h2-3,6,10-11H,4-5,7-9,15H2,1H3,(H,16,19)(H,17,20). The number of carbonyl (C=O) groups excluding carboxylic acids is 2. The molecule has 2 rings (SSSR count). The summed E-state index contributed by atoms with van der Waals surface area (Å²) in [6.07, 6.45) is 1.05. The third-order valence-corrected chi connectivity index (χ3v) is 4.80. The lowest BCUT2D eigenvalue weighted by Gasteiger charge is -2.36. The van der Waals surface area contributed by atoms with Gasteiger partial charge < -0.3 is 5.73 Å². The van der Waals surface area contributed by atoms with Gasteiger partial charge in [0.05, 0.1) is 11.4 Å². The monoisotopic (exact) mass is 310 g/mol. The van der Waals surface area contributed by atoms with E-state index in [0.717, 1.165) is 19.5 Å². The van der Waals surface area contributed by atoms with Gasteiger partial charge in [-0.3, -0.25) is 25.3 Å². The molecule has 1 aromatic heterocycles. The van der Waals surface area contributed by atoms with Crippen LogP contribution in [0.3, 0.4) is 0 Å². The first-order chi connectivity index (χ1) is 10.1. The third-order valence-electron chi connectivity index (χ3n) is 3.93. The number of thiophene rings is 1. The van der Waals surface area contributed by atoms with Gasteiger partial charge in [-0.1, -0.05) is 13.0 Å². The first-order valence-electron chi connectivity index (χ1n) is 7.15. The maximum Gasteiger partial charge on any atom is 0.279 e. The average Bonchev–Trinajstić information content (AvgIpc) is 3.01. The summed E-state index contributed by atoms with van der Waals surface area (Å²) in [7, 11) is 0. The van der Waals surface area contributed by atoms with Gasteiger partial charge >= 0.3 is 0 Å². The Labute approximate surface area is 128 Å². The first-order valence-corrected chi connectivity index (χ1v) is 8.03. The zero-order valence-electron chi connectivity index (χ0n) is 12.2. The van der Waals surface area contributed by atoms with Crippen LogP contribution in [0.25, 0.3) is 0 Å². The summed E-state index contributed by atoms with van der Waals surface area (Å²) in [4.78, 5) is 26.2. The highest BCUT2D eigenvalue weighted by Crippen LogP contribution is 2.21. The van der Waals surface area contributed by atoms with Crippen molar-refractivity contribution in [2.75, 3.05) is 26.2 Å². The van der Waals surface area contributed by atoms with Gasteiger partial charge in [0, 0.05) is 6.54 Å². The summed E-state index contributed by atoms with van der Waals surface area (Å²) >= 11 is 1.33. The van der Waals surface area contributed by atoms with Crippen LogP contribution in [-0.2, 0) is 4.79 Å². The Morgan fingerprint density at radius 3 is 2.95 bits per heavy atom. The van der Waals surface area contributed by atoms with Crippen molar-refractivity contribution in [1.82, 2.24) is 15.8 Å². The highest BCUT2D eigenvalue weighted by Gasteiger charge is 2.26. The van der Waals surface area contributed by atoms with Gasteiger partial charge in [-0.25, -0.2) is 0 Å². The number of nitrogens with two attached hydrogens (primary N) is 1. The van der Waals surface area contributed by atoms with Crippen LogP contribution in [-0.4, -0.2) is 42.9 Å². The zero-order chi connectivity index (χ0) is 15.2. The molecule has 0 aliphatic carbocycles. The predicted molar refractivity (Wildman–Crippen MR) is 82.7 cm³/mol. The molecule has 2 unspecified atom stereocenters. The SMILES string of the molecule is CC1CCN(CC(=O)NNC(=O)c2cccs2)CC1CN. The quantitative estimate of drug-likeness (QED) is 0.704. The molecule has 4 N–H and O–H groups in total. The Bertz CT molecular complexity index is 477. The smallest absolute Gasteiger partial charge is 0.279 e. The molecule has 2 atom stereocenters. The maximum atomic E-state index is 11.9. The second-order valence-corrected chi connectivity index (χ2v) is 6.42. The number of nitrogens with zero attached hydrogens (tertiary/aromatic N) is 1. The van der Waals surface area contributed by atoms with E-state index in [1.807, 2.05) is 5.38 Å². The molecule has 1 aliphatic heterocycles. The van der Waals surface area contributed by atoms with Gasteiger partial charge in [-0.2, -0.15) is 0 Å². The van der Waals surface area contributed by atoms with Crippen molar-refractivity contribution in [3.05, 3.63) is 22.4 Å². The number of hydrazine groups is 1. The summed E-state index contributed by atoms with van der Waals surface area (Å²) in [6, 6.07) is 3.51. The Morgan fingerprint density at radius 1 is 1.48 bits per heavy atom. The van der Waals surface area contributed by atoms with E-state index in [1.165, 1.54) is 11.3 Å². The van der Waals surface area contributed by atoms with Crippen molar-refractivity contribution in [1.29, 1.82) is 0 Å². The second-order valence-electron chi connectivity index (χ2n) is 5.48. The Morgan fingerprint density at radius 2 is 2.29 bits per heavy atom. The summed E-state index contributed by atoms with van der Waals surface area (Å²) in [5.41, 5.74) is 10.6. The highest BCUT2D eigenvalue weighted by molar-refractivity contribution is 7.12. The number of piperidine rings is 1. The van der Waals surface area contributed by atoms with Crippen molar-refractivity contribution >= 4 is 23.2 Å². The molecule has 21 heavy (non-hydrogen) atoms.